The van der Waals surface area contributed by atoms with Gasteiger partial charge in [0.1, 0.15) is 5.82 Å². The highest BCUT2D eigenvalue weighted by Gasteiger charge is 2.14. The van der Waals surface area contributed by atoms with E-state index < -0.39 is 0 Å². The average molecular weight is 328 g/mol. The number of carbonyl (C=O) groups excluding carboxylic acids is 1. The highest BCUT2D eigenvalue weighted by molar-refractivity contribution is 9.11. The second-order valence-corrected chi connectivity index (χ2v) is 6.18. The number of benzene rings is 1. The summed E-state index contributed by atoms with van der Waals surface area (Å²) in [7, 11) is 1.67. The molecular weight excluding hydrogens is 317 g/mol. The molecule has 18 heavy (non-hydrogen) atoms. The zero-order valence-corrected chi connectivity index (χ0v) is 12.1. The van der Waals surface area contributed by atoms with Crippen LogP contribution in [0, 0.1) is 5.82 Å². The lowest BCUT2D eigenvalue weighted by Crippen LogP contribution is -2.26. The fourth-order valence-electron chi connectivity index (χ4n) is 1.60. The maximum atomic E-state index is 13.5. The Hall–Kier alpha value is -1.20. The first-order chi connectivity index (χ1) is 8.58. The van der Waals surface area contributed by atoms with Crippen LogP contribution in [0.15, 0.2) is 39.5 Å². The van der Waals surface area contributed by atoms with E-state index in [-0.39, 0.29) is 18.3 Å². The van der Waals surface area contributed by atoms with Crippen LogP contribution in [0.3, 0.4) is 0 Å². The van der Waals surface area contributed by atoms with Crippen LogP contribution in [0.2, 0.25) is 0 Å². The maximum absolute atomic E-state index is 13.5. The first-order valence-corrected chi connectivity index (χ1v) is 6.98. The number of halogens is 2. The fourth-order valence-corrected chi connectivity index (χ4v) is 2.73. The van der Waals surface area contributed by atoms with Crippen LogP contribution in [-0.4, -0.2) is 17.9 Å². The molecule has 0 saturated carbocycles. The summed E-state index contributed by atoms with van der Waals surface area (Å²) in [5.41, 5.74) is 1.13. The third-order valence-corrected chi connectivity index (χ3v) is 4.03. The molecule has 0 saturated heterocycles. The van der Waals surface area contributed by atoms with Gasteiger partial charge in [-0.25, -0.2) is 4.39 Å². The van der Waals surface area contributed by atoms with E-state index in [1.54, 1.807) is 36.7 Å². The minimum absolute atomic E-state index is 0.111. The monoisotopic (exact) mass is 327 g/mol. The molecule has 0 unspecified atom stereocenters. The standard InChI is InChI=1S/C13H11BrFNOS/c1-16(7-9-4-2-3-5-11(9)15)13(17)10-6-12(14)18-8-10/h2-6,8H,7H2,1H3. The summed E-state index contributed by atoms with van der Waals surface area (Å²) < 4.78 is 14.4. The van der Waals surface area contributed by atoms with Crippen LogP contribution in [0.1, 0.15) is 15.9 Å². The van der Waals surface area contributed by atoms with Gasteiger partial charge in [0.05, 0.1) is 9.35 Å². The lowest BCUT2D eigenvalue weighted by molar-refractivity contribution is 0.0784. The smallest absolute Gasteiger partial charge is 0.254 e. The summed E-state index contributed by atoms with van der Waals surface area (Å²) in [5, 5.41) is 1.78. The van der Waals surface area contributed by atoms with E-state index in [2.05, 4.69) is 15.9 Å². The van der Waals surface area contributed by atoms with Crippen molar-refractivity contribution in [2.75, 3.05) is 7.05 Å². The summed E-state index contributed by atoms with van der Waals surface area (Å²) in [4.78, 5) is 13.6. The summed E-state index contributed by atoms with van der Waals surface area (Å²) in [5.74, 6) is -0.399. The van der Waals surface area contributed by atoms with Crippen molar-refractivity contribution < 1.29 is 9.18 Å². The molecule has 0 N–H and O–H groups in total. The Morgan fingerprint density at radius 3 is 2.78 bits per heavy atom. The molecule has 0 bridgehead atoms. The molecule has 0 radical (unpaired) electrons. The number of hydrogen-bond acceptors (Lipinski definition) is 2. The number of hydrogen-bond donors (Lipinski definition) is 0. The van der Waals surface area contributed by atoms with Crippen molar-refractivity contribution in [1.82, 2.24) is 4.90 Å². The van der Waals surface area contributed by atoms with Crippen LogP contribution >= 0.6 is 27.3 Å². The third-order valence-electron chi connectivity index (χ3n) is 2.53. The van der Waals surface area contributed by atoms with Gasteiger partial charge in [0.25, 0.3) is 5.91 Å². The van der Waals surface area contributed by atoms with Crippen molar-refractivity contribution in [2.45, 2.75) is 6.54 Å². The molecule has 0 aliphatic heterocycles. The Morgan fingerprint density at radius 2 is 2.17 bits per heavy atom. The molecule has 2 rings (SSSR count). The minimum Gasteiger partial charge on any atom is -0.337 e. The Labute approximate surface area is 117 Å². The Bertz CT molecular complexity index is 570. The Kier molecular flexibility index (Phi) is 4.14. The third kappa shape index (κ3) is 2.97. The topological polar surface area (TPSA) is 20.3 Å². The van der Waals surface area contributed by atoms with E-state index in [0.29, 0.717) is 11.1 Å². The van der Waals surface area contributed by atoms with Gasteiger partial charge in [-0.15, -0.1) is 11.3 Å². The molecule has 5 heteroatoms. The largest absolute Gasteiger partial charge is 0.337 e. The molecule has 0 aliphatic carbocycles. The predicted octanol–water partition coefficient (Wildman–Crippen LogP) is 3.92. The van der Waals surface area contributed by atoms with Crippen molar-refractivity contribution in [1.29, 1.82) is 0 Å². The van der Waals surface area contributed by atoms with Crippen molar-refractivity contribution >= 4 is 33.2 Å². The highest BCUT2D eigenvalue weighted by Crippen LogP contribution is 2.22. The van der Waals surface area contributed by atoms with Crippen LogP contribution in [0.25, 0.3) is 0 Å². The van der Waals surface area contributed by atoms with Crippen LogP contribution < -0.4 is 0 Å². The minimum atomic E-state index is -0.288. The second-order valence-electron chi connectivity index (χ2n) is 3.89. The van der Waals surface area contributed by atoms with Crippen molar-refractivity contribution in [3.63, 3.8) is 0 Å². The average Bonchev–Trinajstić information content (AvgIpc) is 2.78. The Balaban J connectivity index is 2.11. The van der Waals surface area contributed by atoms with Crippen LogP contribution in [0.4, 0.5) is 4.39 Å². The summed E-state index contributed by atoms with van der Waals surface area (Å²) >= 11 is 4.77. The van der Waals surface area contributed by atoms with Gasteiger partial charge < -0.3 is 4.90 Å². The summed E-state index contributed by atoms with van der Waals surface area (Å²) in [6, 6.07) is 8.25. The maximum Gasteiger partial charge on any atom is 0.254 e. The zero-order chi connectivity index (χ0) is 13.1. The number of carbonyl (C=O) groups is 1. The van der Waals surface area contributed by atoms with E-state index in [9.17, 15) is 9.18 Å². The van der Waals surface area contributed by atoms with Crippen LogP contribution in [-0.2, 0) is 6.54 Å². The number of thiophene rings is 1. The van der Waals surface area contributed by atoms with Gasteiger partial charge >= 0.3 is 0 Å². The normalized spacial score (nSPS) is 10.4. The van der Waals surface area contributed by atoms with Gasteiger partial charge in [-0.3, -0.25) is 4.79 Å². The van der Waals surface area contributed by atoms with Crippen molar-refractivity contribution in [3.05, 3.63) is 56.4 Å². The molecule has 1 aromatic carbocycles. The van der Waals surface area contributed by atoms with Crippen molar-refractivity contribution in [2.24, 2.45) is 0 Å². The van der Waals surface area contributed by atoms with Crippen LogP contribution in [0.5, 0.6) is 0 Å². The number of nitrogens with zero attached hydrogens (tertiary/aromatic N) is 1. The van der Waals surface area contributed by atoms with Gasteiger partial charge in [-0.05, 0) is 28.1 Å². The Morgan fingerprint density at radius 1 is 1.44 bits per heavy atom. The van der Waals surface area contributed by atoms with E-state index >= 15 is 0 Å². The molecule has 0 atom stereocenters. The first kappa shape index (κ1) is 13.2. The van der Waals surface area contributed by atoms with Gasteiger partial charge in [0, 0.05) is 24.5 Å². The molecule has 2 aromatic rings. The molecule has 1 aromatic heterocycles. The predicted molar refractivity (Wildman–Crippen MR) is 74.2 cm³/mol. The number of amides is 1. The SMILES string of the molecule is CN(Cc1ccccc1F)C(=O)c1csc(Br)c1. The lowest BCUT2D eigenvalue weighted by atomic mass is 10.2. The molecule has 94 valence electrons. The van der Waals surface area contributed by atoms with E-state index in [4.69, 9.17) is 0 Å². The fraction of sp³-hybridized carbons (Fsp3) is 0.154. The molecule has 1 amide bonds. The number of rotatable bonds is 3. The van der Waals surface area contributed by atoms with Gasteiger partial charge in [0.15, 0.2) is 0 Å². The van der Waals surface area contributed by atoms with Crippen molar-refractivity contribution in [3.8, 4) is 0 Å². The van der Waals surface area contributed by atoms with Gasteiger partial charge in [0.2, 0.25) is 0 Å². The lowest BCUT2D eigenvalue weighted by Gasteiger charge is -2.16. The molecule has 0 aliphatic rings. The second kappa shape index (κ2) is 5.63. The molecule has 0 spiro atoms. The first-order valence-electron chi connectivity index (χ1n) is 5.31. The van der Waals surface area contributed by atoms with E-state index in [0.717, 1.165) is 3.79 Å². The quantitative estimate of drug-likeness (QED) is 0.836. The highest BCUT2D eigenvalue weighted by atomic mass is 79.9. The summed E-state index contributed by atoms with van der Waals surface area (Å²) in [6.45, 7) is 0.263. The van der Waals surface area contributed by atoms with E-state index in [1.807, 2.05) is 0 Å². The molecular formula is C13H11BrFNOS. The summed E-state index contributed by atoms with van der Waals surface area (Å²) in [6.07, 6.45) is 0. The zero-order valence-electron chi connectivity index (χ0n) is 9.69. The molecule has 1 heterocycles. The van der Waals surface area contributed by atoms with E-state index in [1.165, 1.54) is 22.3 Å². The molecule has 2 nitrogen and oxygen atoms in total. The molecule has 0 fully saturated rings. The van der Waals surface area contributed by atoms with Gasteiger partial charge in [-0.1, -0.05) is 18.2 Å². The van der Waals surface area contributed by atoms with Gasteiger partial charge in [-0.2, -0.15) is 0 Å².